The van der Waals surface area contributed by atoms with Crippen LogP contribution in [0, 0.1) is 11.6 Å². The summed E-state index contributed by atoms with van der Waals surface area (Å²) in [7, 11) is 0. The van der Waals surface area contributed by atoms with Crippen molar-refractivity contribution >= 4 is 15.9 Å². The van der Waals surface area contributed by atoms with E-state index in [1.165, 1.54) is 12.3 Å². The predicted octanol–water partition coefficient (Wildman–Crippen LogP) is 3.29. The summed E-state index contributed by atoms with van der Waals surface area (Å²) >= 11 is 3.04. The van der Waals surface area contributed by atoms with Crippen molar-refractivity contribution in [1.29, 1.82) is 0 Å². The maximum absolute atomic E-state index is 13.2. The molecule has 0 unspecified atom stereocenters. The van der Waals surface area contributed by atoms with E-state index in [0.29, 0.717) is 10.2 Å². The number of hydrogen-bond acceptors (Lipinski definition) is 3. The molecule has 0 spiro atoms. The summed E-state index contributed by atoms with van der Waals surface area (Å²) in [5.41, 5.74) is 0. The van der Waals surface area contributed by atoms with Gasteiger partial charge < -0.3 is 9.26 Å². The van der Waals surface area contributed by atoms with Gasteiger partial charge in [-0.05, 0) is 12.1 Å². The SMILES string of the molecule is Fc1cc(Br)cc(OCc2ccno2)c1F. The molecule has 2 aromatic rings. The monoisotopic (exact) mass is 289 g/mol. The molecule has 0 aliphatic carbocycles. The number of halogens is 3. The molecular formula is C10H6BrF2NO2. The highest BCUT2D eigenvalue weighted by Gasteiger charge is 2.11. The molecule has 1 aromatic carbocycles. The van der Waals surface area contributed by atoms with Crippen LogP contribution in [0.4, 0.5) is 8.78 Å². The Balaban J connectivity index is 2.15. The van der Waals surface area contributed by atoms with Crippen molar-refractivity contribution < 1.29 is 18.0 Å². The first-order chi connectivity index (χ1) is 7.66. The number of aromatic nitrogens is 1. The van der Waals surface area contributed by atoms with Gasteiger partial charge >= 0.3 is 0 Å². The Morgan fingerprint density at radius 1 is 1.38 bits per heavy atom. The minimum Gasteiger partial charge on any atom is -0.482 e. The lowest BCUT2D eigenvalue weighted by Crippen LogP contribution is -1.98. The fraction of sp³-hybridized carbons (Fsp3) is 0.100. The first kappa shape index (κ1) is 11.1. The number of benzene rings is 1. The van der Waals surface area contributed by atoms with Gasteiger partial charge in [-0.25, -0.2) is 4.39 Å². The van der Waals surface area contributed by atoms with Crippen LogP contribution in [0.2, 0.25) is 0 Å². The fourth-order valence-electron chi connectivity index (χ4n) is 1.10. The van der Waals surface area contributed by atoms with Gasteiger partial charge in [0.2, 0.25) is 5.82 Å². The summed E-state index contributed by atoms with van der Waals surface area (Å²) < 4.78 is 36.4. The third-order valence-corrected chi connectivity index (χ3v) is 2.28. The second-order valence-electron chi connectivity index (χ2n) is 2.97. The largest absolute Gasteiger partial charge is 0.482 e. The van der Waals surface area contributed by atoms with Crippen LogP contribution in [0.25, 0.3) is 0 Å². The Labute approximate surface area is 98.1 Å². The van der Waals surface area contributed by atoms with Crippen molar-refractivity contribution in [3.05, 3.63) is 46.3 Å². The lowest BCUT2D eigenvalue weighted by atomic mass is 10.3. The Morgan fingerprint density at radius 2 is 2.19 bits per heavy atom. The highest BCUT2D eigenvalue weighted by molar-refractivity contribution is 9.10. The predicted molar refractivity (Wildman–Crippen MR) is 54.9 cm³/mol. The van der Waals surface area contributed by atoms with Gasteiger partial charge in [-0.15, -0.1) is 0 Å². The van der Waals surface area contributed by atoms with E-state index in [0.717, 1.165) is 6.07 Å². The van der Waals surface area contributed by atoms with E-state index < -0.39 is 11.6 Å². The van der Waals surface area contributed by atoms with Crippen LogP contribution in [0.5, 0.6) is 5.75 Å². The summed E-state index contributed by atoms with van der Waals surface area (Å²) in [6.45, 7) is -0.00713. The van der Waals surface area contributed by atoms with Crippen molar-refractivity contribution in [2.24, 2.45) is 0 Å². The highest BCUT2D eigenvalue weighted by Crippen LogP contribution is 2.25. The topological polar surface area (TPSA) is 35.3 Å². The first-order valence-corrected chi connectivity index (χ1v) is 5.13. The summed E-state index contributed by atoms with van der Waals surface area (Å²) in [6.07, 6.45) is 1.44. The van der Waals surface area contributed by atoms with Crippen molar-refractivity contribution in [3.8, 4) is 5.75 Å². The van der Waals surface area contributed by atoms with Crippen LogP contribution in [-0.2, 0) is 6.61 Å². The zero-order valence-corrected chi connectivity index (χ0v) is 9.50. The Morgan fingerprint density at radius 3 is 2.88 bits per heavy atom. The van der Waals surface area contributed by atoms with Crippen LogP contribution in [-0.4, -0.2) is 5.16 Å². The molecule has 0 saturated carbocycles. The third-order valence-electron chi connectivity index (χ3n) is 1.82. The van der Waals surface area contributed by atoms with Crippen LogP contribution < -0.4 is 4.74 Å². The van der Waals surface area contributed by atoms with E-state index in [2.05, 4.69) is 21.1 Å². The lowest BCUT2D eigenvalue weighted by molar-refractivity contribution is 0.237. The molecule has 2 rings (SSSR count). The van der Waals surface area contributed by atoms with Crippen molar-refractivity contribution in [2.45, 2.75) is 6.61 Å². The van der Waals surface area contributed by atoms with Crippen LogP contribution in [0.3, 0.4) is 0 Å². The van der Waals surface area contributed by atoms with Crippen LogP contribution in [0.1, 0.15) is 5.76 Å². The molecule has 0 N–H and O–H groups in total. The maximum Gasteiger partial charge on any atom is 0.200 e. The van der Waals surface area contributed by atoms with Crippen LogP contribution in [0.15, 0.2) is 33.4 Å². The van der Waals surface area contributed by atoms with E-state index in [4.69, 9.17) is 9.26 Å². The number of hydrogen-bond donors (Lipinski definition) is 0. The molecule has 1 aromatic heterocycles. The van der Waals surface area contributed by atoms with Gasteiger partial charge in [-0.2, -0.15) is 4.39 Å². The molecular weight excluding hydrogens is 284 g/mol. The molecule has 0 aliphatic heterocycles. The summed E-state index contributed by atoms with van der Waals surface area (Å²) in [5.74, 6) is -1.74. The zero-order chi connectivity index (χ0) is 11.5. The first-order valence-electron chi connectivity index (χ1n) is 4.33. The molecule has 84 valence electrons. The average Bonchev–Trinajstić information content (AvgIpc) is 2.74. The molecule has 0 radical (unpaired) electrons. The van der Waals surface area contributed by atoms with Gasteiger partial charge in [0.15, 0.2) is 17.3 Å². The second-order valence-corrected chi connectivity index (χ2v) is 3.88. The van der Waals surface area contributed by atoms with E-state index in [1.807, 2.05) is 0 Å². The van der Waals surface area contributed by atoms with E-state index in [1.54, 1.807) is 6.07 Å². The fourth-order valence-corrected chi connectivity index (χ4v) is 1.51. The van der Waals surface area contributed by atoms with Crippen molar-refractivity contribution in [1.82, 2.24) is 5.16 Å². The number of rotatable bonds is 3. The minimum absolute atomic E-state index is 0.00713. The summed E-state index contributed by atoms with van der Waals surface area (Å²) in [5, 5.41) is 3.46. The molecule has 6 heteroatoms. The van der Waals surface area contributed by atoms with Crippen LogP contribution >= 0.6 is 15.9 Å². The quantitative estimate of drug-likeness (QED) is 0.814. The number of nitrogens with zero attached hydrogens (tertiary/aromatic N) is 1. The molecule has 0 saturated heterocycles. The Bertz CT molecular complexity index is 488. The van der Waals surface area contributed by atoms with E-state index in [9.17, 15) is 8.78 Å². The van der Waals surface area contributed by atoms with Gasteiger partial charge in [0.1, 0.15) is 6.61 Å². The van der Waals surface area contributed by atoms with Crippen molar-refractivity contribution in [2.75, 3.05) is 0 Å². The molecule has 0 atom stereocenters. The minimum atomic E-state index is -1.03. The smallest absolute Gasteiger partial charge is 0.200 e. The molecule has 1 heterocycles. The average molecular weight is 290 g/mol. The molecule has 0 amide bonds. The second kappa shape index (κ2) is 4.61. The van der Waals surface area contributed by atoms with Gasteiger partial charge in [0.05, 0.1) is 6.20 Å². The van der Waals surface area contributed by atoms with Gasteiger partial charge in [0, 0.05) is 10.5 Å². The van der Waals surface area contributed by atoms with E-state index >= 15 is 0 Å². The summed E-state index contributed by atoms with van der Waals surface area (Å²) in [4.78, 5) is 0. The summed E-state index contributed by atoms with van der Waals surface area (Å²) in [6, 6.07) is 3.94. The third kappa shape index (κ3) is 2.38. The van der Waals surface area contributed by atoms with E-state index in [-0.39, 0.29) is 12.4 Å². The lowest BCUT2D eigenvalue weighted by Gasteiger charge is -2.06. The Hall–Kier alpha value is -1.43. The van der Waals surface area contributed by atoms with Gasteiger partial charge in [-0.3, -0.25) is 0 Å². The normalized spacial score (nSPS) is 10.4. The number of ether oxygens (including phenoxy) is 1. The van der Waals surface area contributed by atoms with Gasteiger partial charge in [-0.1, -0.05) is 21.1 Å². The van der Waals surface area contributed by atoms with Gasteiger partial charge in [0.25, 0.3) is 0 Å². The maximum atomic E-state index is 13.2. The molecule has 3 nitrogen and oxygen atoms in total. The molecule has 0 bridgehead atoms. The molecule has 0 aliphatic rings. The standard InChI is InChI=1S/C10H6BrF2NO2/c11-6-3-8(12)10(13)9(4-6)15-5-7-1-2-14-16-7/h1-4H,5H2. The Kier molecular flexibility index (Phi) is 3.19. The van der Waals surface area contributed by atoms with Crippen molar-refractivity contribution in [3.63, 3.8) is 0 Å². The molecule has 16 heavy (non-hydrogen) atoms. The molecule has 0 fully saturated rings. The highest BCUT2D eigenvalue weighted by atomic mass is 79.9. The zero-order valence-electron chi connectivity index (χ0n) is 7.91.